The molecular formula is C53H71F2N9O10Si. The largest absolute Gasteiger partial charge is 0.465 e. The van der Waals surface area contributed by atoms with Crippen LogP contribution in [0.1, 0.15) is 91.4 Å². The second kappa shape index (κ2) is 23.3. The first-order valence-corrected chi connectivity index (χ1v) is 29.2. The van der Waals surface area contributed by atoms with Crippen LogP contribution in [0.25, 0.3) is 11.0 Å². The number of carbonyl (C=O) groups excluding carboxylic acids is 4. The minimum atomic E-state index is -1.44. The summed E-state index contributed by atoms with van der Waals surface area (Å²) in [6, 6.07) is 14.3. The van der Waals surface area contributed by atoms with E-state index in [1.165, 1.54) is 38.4 Å². The molecule has 5 N–H and O–H groups in total. The van der Waals surface area contributed by atoms with E-state index in [0.29, 0.717) is 74.5 Å². The van der Waals surface area contributed by atoms with Crippen LogP contribution in [0.15, 0.2) is 54.6 Å². The number of amides is 5. The second-order valence-electron chi connectivity index (χ2n) is 21.1. The van der Waals surface area contributed by atoms with Gasteiger partial charge in [0.1, 0.15) is 29.8 Å². The number of hydrogen-bond donors (Lipinski definition) is 5. The number of aromatic amines is 1. The number of methoxy groups -OCH3 is 4. The molecule has 0 radical (unpaired) electrons. The number of anilines is 2. The van der Waals surface area contributed by atoms with Gasteiger partial charge in [0, 0.05) is 64.7 Å². The summed E-state index contributed by atoms with van der Waals surface area (Å²) < 4.78 is 54.1. The van der Waals surface area contributed by atoms with Gasteiger partial charge in [-0.3, -0.25) is 14.4 Å². The van der Waals surface area contributed by atoms with Gasteiger partial charge in [-0.05, 0) is 106 Å². The van der Waals surface area contributed by atoms with Crippen LogP contribution in [0, 0.1) is 17.6 Å². The summed E-state index contributed by atoms with van der Waals surface area (Å²) in [6.07, 6.45) is -1.38. The molecule has 1 aromatic heterocycles. The van der Waals surface area contributed by atoms with E-state index < -0.39 is 80.2 Å². The molecule has 406 valence electrons. The van der Waals surface area contributed by atoms with Crippen LogP contribution in [0.4, 0.5) is 29.7 Å². The maximum absolute atomic E-state index is 16.6. The maximum atomic E-state index is 16.6. The average Bonchev–Trinajstić information content (AvgIpc) is 4.23. The molecule has 0 aliphatic carbocycles. The molecule has 4 aliphatic heterocycles. The predicted molar refractivity (Wildman–Crippen MR) is 279 cm³/mol. The molecule has 5 heterocycles. The van der Waals surface area contributed by atoms with Crippen molar-refractivity contribution in [3.05, 3.63) is 88.7 Å². The average molecular weight is 1060 g/mol. The Morgan fingerprint density at radius 2 is 1.41 bits per heavy atom. The van der Waals surface area contributed by atoms with Crippen molar-refractivity contribution >= 4 is 60.4 Å². The summed E-state index contributed by atoms with van der Waals surface area (Å²) >= 11 is 0. The number of nitrogens with zero attached hydrogens (tertiary/aromatic N) is 5. The van der Waals surface area contributed by atoms with Gasteiger partial charge in [-0.15, -0.1) is 0 Å². The number of alkyl carbamates (subject to hydrolysis) is 1. The van der Waals surface area contributed by atoms with Crippen molar-refractivity contribution in [2.24, 2.45) is 5.92 Å². The molecule has 5 amide bonds. The number of aromatic nitrogens is 2. The second-order valence-corrected chi connectivity index (χ2v) is 26.4. The summed E-state index contributed by atoms with van der Waals surface area (Å²) in [5, 5.41) is 17.4. The van der Waals surface area contributed by atoms with E-state index in [4.69, 9.17) is 23.9 Å². The van der Waals surface area contributed by atoms with Crippen molar-refractivity contribution in [1.29, 1.82) is 0 Å². The van der Waals surface area contributed by atoms with Crippen LogP contribution in [-0.2, 0) is 28.5 Å². The van der Waals surface area contributed by atoms with Gasteiger partial charge in [-0.1, -0.05) is 31.3 Å². The van der Waals surface area contributed by atoms with Crippen molar-refractivity contribution in [3.63, 3.8) is 0 Å². The minimum Gasteiger partial charge on any atom is -0.465 e. The zero-order chi connectivity index (χ0) is 53.9. The quantitative estimate of drug-likeness (QED) is 0.0668. The number of H-pyrrole nitrogens is 1. The first kappa shape index (κ1) is 54.9. The van der Waals surface area contributed by atoms with Crippen LogP contribution in [0.3, 0.4) is 0 Å². The molecule has 0 bridgehead atoms. The number of ether oxygens (including phenoxy) is 4. The summed E-state index contributed by atoms with van der Waals surface area (Å²) in [5.41, 5.74) is 3.76. The number of fused-ring (bicyclic) bond motifs is 1. The summed E-state index contributed by atoms with van der Waals surface area (Å²) in [6.45, 7) is 10.1. The third-order valence-electron chi connectivity index (χ3n) is 15.8. The molecule has 8 rings (SSSR count). The highest BCUT2D eigenvalue weighted by Gasteiger charge is 2.43. The lowest BCUT2D eigenvalue weighted by atomic mass is 10.0. The predicted octanol–water partition coefficient (Wildman–Crippen LogP) is 7.10. The Labute approximate surface area is 436 Å². The smallest absolute Gasteiger partial charge is 0.407 e. The minimum absolute atomic E-state index is 0.0150. The molecule has 4 saturated heterocycles. The van der Waals surface area contributed by atoms with E-state index >= 15 is 8.78 Å². The monoisotopic (exact) mass is 1060 g/mol. The Bertz CT molecular complexity index is 2700. The van der Waals surface area contributed by atoms with Crippen molar-refractivity contribution < 1.29 is 56.8 Å². The molecule has 4 fully saturated rings. The highest BCUT2D eigenvalue weighted by atomic mass is 28.3. The zero-order valence-corrected chi connectivity index (χ0v) is 45.0. The van der Waals surface area contributed by atoms with E-state index in [0.717, 1.165) is 35.2 Å². The molecule has 0 spiro atoms. The number of benzene rings is 3. The number of carboxylic acid groups (broad SMARTS) is 1. The van der Waals surface area contributed by atoms with E-state index in [-0.39, 0.29) is 36.1 Å². The van der Waals surface area contributed by atoms with Gasteiger partial charge in [0.05, 0.1) is 63.2 Å². The SMILES string of the molecule is COC[C@H]1C[C@@H](NC(=O)c2ccc([C@H]3CC[C@H](c4ccc5nc([C@@H]6CCCN6C(=O)C(NC(=O)OC)C(C)OC)[nH]c5c4)N3c3cc(F)c(N4CC[Si](C)(C)CC4)c(F)c3)cc2)N(C(=O)C(NC(=O)O)C(C)OC)C1. The molecule has 22 heteroatoms. The van der Waals surface area contributed by atoms with Crippen LogP contribution < -0.4 is 25.8 Å². The Kier molecular flexibility index (Phi) is 17.0. The first-order valence-electron chi connectivity index (χ1n) is 25.8. The number of likely N-dealkylation sites (tertiary alicyclic amines) is 2. The number of rotatable bonds is 17. The maximum Gasteiger partial charge on any atom is 0.407 e. The summed E-state index contributed by atoms with van der Waals surface area (Å²) in [5.74, 6) is -2.12. The Hall–Kier alpha value is -6.36. The fourth-order valence-electron chi connectivity index (χ4n) is 11.4. The van der Waals surface area contributed by atoms with E-state index in [2.05, 4.69) is 38.9 Å². The number of hydrogen-bond acceptors (Lipinski definition) is 12. The number of halogens is 2. The zero-order valence-electron chi connectivity index (χ0n) is 44.0. The third kappa shape index (κ3) is 11.9. The van der Waals surface area contributed by atoms with Crippen molar-refractivity contribution in [2.45, 2.75) is 120 Å². The van der Waals surface area contributed by atoms with Gasteiger partial charge in [0.25, 0.3) is 5.91 Å². The van der Waals surface area contributed by atoms with Crippen molar-refractivity contribution in [3.8, 4) is 0 Å². The summed E-state index contributed by atoms with van der Waals surface area (Å²) in [7, 11) is 4.19. The molecule has 4 aromatic rings. The first-order chi connectivity index (χ1) is 35.8. The number of imidazole rings is 1. The van der Waals surface area contributed by atoms with Crippen molar-refractivity contribution in [2.75, 3.05) is 71.0 Å². The van der Waals surface area contributed by atoms with Gasteiger partial charge in [-0.2, -0.15) is 0 Å². The van der Waals surface area contributed by atoms with Crippen LogP contribution in [0.2, 0.25) is 25.2 Å². The molecule has 3 aromatic carbocycles. The van der Waals surface area contributed by atoms with Gasteiger partial charge in [0.15, 0.2) is 11.6 Å². The normalized spacial score (nSPS) is 23.2. The van der Waals surface area contributed by atoms with Gasteiger partial charge in [-0.25, -0.2) is 23.4 Å². The molecular weight excluding hydrogens is 989 g/mol. The Morgan fingerprint density at radius 3 is 2.03 bits per heavy atom. The topological polar surface area (TPSA) is 220 Å². The number of carbonyl (C=O) groups is 5. The molecule has 9 atom stereocenters. The van der Waals surface area contributed by atoms with Crippen molar-refractivity contribution in [1.82, 2.24) is 35.7 Å². The Balaban J connectivity index is 1.08. The molecule has 0 saturated carbocycles. The van der Waals surface area contributed by atoms with E-state index in [1.807, 2.05) is 35.2 Å². The lowest BCUT2D eigenvalue weighted by molar-refractivity contribution is -0.138. The third-order valence-corrected chi connectivity index (χ3v) is 18.9. The van der Waals surface area contributed by atoms with Crippen LogP contribution in [0.5, 0.6) is 0 Å². The molecule has 19 nitrogen and oxygen atoms in total. The van der Waals surface area contributed by atoms with E-state index in [1.54, 1.807) is 38.0 Å². The number of nitrogens with one attached hydrogen (secondary N) is 4. The molecule has 4 aliphatic rings. The van der Waals surface area contributed by atoms with Gasteiger partial charge in [0.2, 0.25) is 11.8 Å². The molecule has 4 unspecified atom stereocenters. The lowest BCUT2D eigenvalue weighted by Crippen LogP contribution is -2.57. The van der Waals surface area contributed by atoms with Gasteiger partial charge >= 0.3 is 12.2 Å². The van der Waals surface area contributed by atoms with Crippen LogP contribution in [-0.4, -0.2) is 155 Å². The highest BCUT2D eigenvalue weighted by Crippen LogP contribution is 2.49. The van der Waals surface area contributed by atoms with Gasteiger partial charge < -0.3 is 64.6 Å². The fourth-order valence-corrected chi connectivity index (χ4v) is 13.4. The summed E-state index contributed by atoms with van der Waals surface area (Å²) in [4.78, 5) is 81.3. The molecule has 75 heavy (non-hydrogen) atoms. The lowest BCUT2D eigenvalue weighted by Gasteiger charge is -2.38. The Morgan fingerprint density at radius 1 is 0.800 bits per heavy atom. The van der Waals surface area contributed by atoms with E-state index in [9.17, 15) is 29.1 Å². The standard InChI is InChI=1S/C53H71F2N9O10Si/c1-30(72-4)45(59-52(68)69)51(67)63-28-32(29-71-3)24-44(63)58-49(65)34-13-11-33(12-14-34)41-17-18-42(64(41)36-26-37(54)47(38(55)27-36)61-20-22-75(7,8)23-21-61)35-15-16-39-40(25-35)57-48(56-39)43-10-9-19-62(43)50(66)46(31(2)73-5)60-53(70)74-6/h11-16,25-27,30-32,41-46,59H,9-10,17-24,28-29H2,1-8H3,(H,56,57)(H,58,65)(H,60,70)(H,68,69)/t30?,31?,32-,41+,42+,43-,44-,45?,46?/m0/s1. The fraction of sp³-hybridized carbons (Fsp3) is 0.547. The highest BCUT2D eigenvalue weighted by molar-refractivity contribution is 6.77. The van der Waals surface area contributed by atoms with Crippen LogP contribution >= 0.6 is 0 Å².